The molecular weight excluding hydrogens is 667 g/mol. The molecule has 11 rings (SSSR count). The molecule has 2 aromatic heterocycles. The Labute approximate surface area is 318 Å². The van der Waals surface area contributed by atoms with Crippen molar-refractivity contribution in [3.05, 3.63) is 200 Å². The van der Waals surface area contributed by atoms with E-state index in [2.05, 4.69) is 193 Å². The first-order valence-corrected chi connectivity index (χ1v) is 18.7. The van der Waals surface area contributed by atoms with E-state index >= 15 is 0 Å². The Morgan fingerprint density at radius 1 is 0.291 bits per heavy atom. The molecule has 0 bridgehead atoms. The van der Waals surface area contributed by atoms with Crippen LogP contribution in [0.15, 0.2) is 200 Å². The van der Waals surface area contributed by atoms with Crippen LogP contribution in [0.25, 0.3) is 105 Å². The number of benzene rings is 9. The van der Waals surface area contributed by atoms with Gasteiger partial charge >= 0.3 is 0 Å². The van der Waals surface area contributed by atoms with E-state index in [1.54, 1.807) is 0 Å². The standard InChI is InChI=1S/C52H33N3/c1-3-12-36(13-4-1)47-33-48(37-14-5-2-6-15-37)54-52(53-47)55-49-18-10-9-17-45(49)51-46-32-44(22-20-35(46)27-28-50(51)55)43-26-25-41-30-40(23-24-42(41)31-43)39-21-19-34-11-7-8-16-38(34)29-39/h1-33H. The third-order valence-electron chi connectivity index (χ3n) is 11.0. The normalized spacial score (nSPS) is 11.6. The van der Waals surface area contributed by atoms with Crippen molar-refractivity contribution in [2.24, 2.45) is 0 Å². The first-order chi connectivity index (χ1) is 27.2. The van der Waals surface area contributed by atoms with Gasteiger partial charge in [-0.1, -0.05) is 158 Å². The van der Waals surface area contributed by atoms with Crippen molar-refractivity contribution in [2.45, 2.75) is 0 Å². The van der Waals surface area contributed by atoms with E-state index in [9.17, 15) is 0 Å². The Morgan fingerprint density at radius 3 is 1.40 bits per heavy atom. The summed E-state index contributed by atoms with van der Waals surface area (Å²) in [6.07, 6.45) is 0. The molecule has 0 aliphatic carbocycles. The molecule has 0 aliphatic heterocycles. The van der Waals surface area contributed by atoms with Gasteiger partial charge in [0.15, 0.2) is 0 Å². The number of nitrogens with zero attached hydrogens (tertiary/aromatic N) is 3. The van der Waals surface area contributed by atoms with Crippen molar-refractivity contribution in [1.29, 1.82) is 0 Å². The van der Waals surface area contributed by atoms with Gasteiger partial charge in [-0.15, -0.1) is 0 Å². The van der Waals surface area contributed by atoms with Crippen LogP contribution in [0, 0.1) is 0 Å². The van der Waals surface area contributed by atoms with Crippen LogP contribution in [0.3, 0.4) is 0 Å². The maximum absolute atomic E-state index is 5.24. The molecule has 2 heterocycles. The van der Waals surface area contributed by atoms with Gasteiger partial charge in [0.25, 0.3) is 0 Å². The number of hydrogen-bond donors (Lipinski definition) is 0. The second-order valence-electron chi connectivity index (χ2n) is 14.3. The Hall–Kier alpha value is -7.36. The molecule has 256 valence electrons. The molecule has 0 fully saturated rings. The predicted octanol–water partition coefficient (Wildman–Crippen LogP) is 13.7. The monoisotopic (exact) mass is 699 g/mol. The second kappa shape index (κ2) is 12.6. The highest BCUT2D eigenvalue weighted by molar-refractivity contribution is 6.21. The van der Waals surface area contributed by atoms with Gasteiger partial charge in [0.2, 0.25) is 5.95 Å². The summed E-state index contributed by atoms with van der Waals surface area (Å²) in [7, 11) is 0. The lowest BCUT2D eigenvalue weighted by Gasteiger charge is -2.12. The van der Waals surface area contributed by atoms with Crippen LogP contribution in [0.2, 0.25) is 0 Å². The van der Waals surface area contributed by atoms with Crippen molar-refractivity contribution in [3.63, 3.8) is 0 Å². The summed E-state index contributed by atoms with van der Waals surface area (Å²) in [5.41, 5.74) is 10.9. The molecule has 55 heavy (non-hydrogen) atoms. The fraction of sp³-hybridized carbons (Fsp3) is 0. The Balaban J connectivity index is 1.06. The molecular formula is C52H33N3. The lowest BCUT2D eigenvalue weighted by atomic mass is 9.95. The quantitative estimate of drug-likeness (QED) is 0.179. The van der Waals surface area contributed by atoms with E-state index in [1.807, 2.05) is 12.1 Å². The molecule has 3 heteroatoms. The lowest BCUT2D eigenvalue weighted by Crippen LogP contribution is -2.03. The zero-order valence-corrected chi connectivity index (χ0v) is 29.9. The van der Waals surface area contributed by atoms with Gasteiger partial charge in [-0.05, 0) is 97.0 Å². The summed E-state index contributed by atoms with van der Waals surface area (Å²) in [5.74, 6) is 0.652. The summed E-state index contributed by atoms with van der Waals surface area (Å²) < 4.78 is 2.23. The van der Waals surface area contributed by atoms with E-state index in [0.29, 0.717) is 5.95 Å². The van der Waals surface area contributed by atoms with Gasteiger partial charge in [0.1, 0.15) is 0 Å². The summed E-state index contributed by atoms with van der Waals surface area (Å²) in [6, 6.07) is 71.7. The van der Waals surface area contributed by atoms with Crippen molar-refractivity contribution in [1.82, 2.24) is 14.5 Å². The third kappa shape index (κ3) is 5.36. The van der Waals surface area contributed by atoms with Crippen LogP contribution in [0.4, 0.5) is 0 Å². The second-order valence-corrected chi connectivity index (χ2v) is 14.3. The largest absolute Gasteiger partial charge is 0.278 e. The van der Waals surface area contributed by atoms with Crippen molar-refractivity contribution in [2.75, 3.05) is 0 Å². The van der Waals surface area contributed by atoms with E-state index < -0.39 is 0 Å². The number of para-hydroxylation sites is 1. The lowest BCUT2D eigenvalue weighted by molar-refractivity contribution is 0.996. The molecule has 9 aromatic carbocycles. The number of hydrogen-bond acceptors (Lipinski definition) is 2. The van der Waals surface area contributed by atoms with Crippen LogP contribution in [-0.2, 0) is 0 Å². The summed E-state index contributed by atoms with van der Waals surface area (Å²) in [4.78, 5) is 10.5. The first kappa shape index (κ1) is 31.2. The number of aromatic nitrogens is 3. The molecule has 0 saturated carbocycles. The maximum atomic E-state index is 5.24. The molecule has 0 radical (unpaired) electrons. The maximum Gasteiger partial charge on any atom is 0.235 e. The minimum absolute atomic E-state index is 0.652. The van der Waals surface area contributed by atoms with Gasteiger partial charge < -0.3 is 0 Å². The predicted molar refractivity (Wildman–Crippen MR) is 231 cm³/mol. The van der Waals surface area contributed by atoms with Crippen LogP contribution < -0.4 is 0 Å². The van der Waals surface area contributed by atoms with Crippen LogP contribution >= 0.6 is 0 Å². The molecule has 0 N–H and O–H groups in total. The molecule has 11 aromatic rings. The van der Waals surface area contributed by atoms with Crippen molar-refractivity contribution < 1.29 is 0 Å². The highest BCUT2D eigenvalue weighted by atomic mass is 15.2. The summed E-state index contributed by atoms with van der Waals surface area (Å²) >= 11 is 0. The molecule has 3 nitrogen and oxygen atoms in total. The van der Waals surface area contributed by atoms with Crippen LogP contribution in [0.5, 0.6) is 0 Å². The van der Waals surface area contributed by atoms with E-state index in [4.69, 9.17) is 9.97 Å². The third-order valence-corrected chi connectivity index (χ3v) is 11.0. The van der Waals surface area contributed by atoms with Crippen molar-refractivity contribution in [3.8, 4) is 50.7 Å². The molecule has 0 saturated heterocycles. The molecule has 0 aliphatic rings. The van der Waals surface area contributed by atoms with Gasteiger partial charge in [0, 0.05) is 21.9 Å². The van der Waals surface area contributed by atoms with E-state index in [1.165, 1.54) is 65.3 Å². The molecule has 0 unspecified atom stereocenters. The Bertz CT molecular complexity index is 3190. The van der Waals surface area contributed by atoms with E-state index in [0.717, 1.165) is 33.5 Å². The molecule has 0 spiro atoms. The molecule has 0 atom stereocenters. The van der Waals surface area contributed by atoms with Crippen LogP contribution in [0.1, 0.15) is 0 Å². The number of rotatable bonds is 5. The first-order valence-electron chi connectivity index (χ1n) is 18.7. The van der Waals surface area contributed by atoms with Crippen LogP contribution in [-0.4, -0.2) is 14.5 Å². The number of fused-ring (bicyclic) bond motifs is 7. The van der Waals surface area contributed by atoms with Gasteiger partial charge in [-0.25, -0.2) is 9.97 Å². The van der Waals surface area contributed by atoms with Gasteiger partial charge in [-0.2, -0.15) is 0 Å². The zero-order valence-electron chi connectivity index (χ0n) is 29.9. The highest BCUT2D eigenvalue weighted by Crippen LogP contribution is 2.39. The molecule has 0 amide bonds. The van der Waals surface area contributed by atoms with Gasteiger partial charge in [-0.3, -0.25) is 4.57 Å². The summed E-state index contributed by atoms with van der Waals surface area (Å²) in [6.45, 7) is 0. The topological polar surface area (TPSA) is 30.7 Å². The average molecular weight is 700 g/mol. The minimum Gasteiger partial charge on any atom is -0.278 e. The Kier molecular flexibility index (Phi) is 7.17. The van der Waals surface area contributed by atoms with Gasteiger partial charge in [0.05, 0.1) is 22.4 Å². The summed E-state index contributed by atoms with van der Waals surface area (Å²) in [5, 5.41) is 9.75. The Morgan fingerprint density at radius 2 is 0.764 bits per heavy atom. The highest BCUT2D eigenvalue weighted by Gasteiger charge is 2.19. The average Bonchev–Trinajstić information content (AvgIpc) is 3.61. The SMILES string of the molecule is c1ccc(-c2cc(-c3ccccc3)nc(-n3c4ccccc4c4c5cc(-c6ccc7cc(-c8ccc9ccccc9c8)ccc7c6)ccc5ccc43)n2)cc1. The minimum atomic E-state index is 0.652. The zero-order chi connectivity index (χ0) is 36.3. The van der Waals surface area contributed by atoms with Crippen molar-refractivity contribution >= 4 is 54.1 Å². The smallest absolute Gasteiger partial charge is 0.235 e. The fourth-order valence-corrected chi connectivity index (χ4v) is 8.20. The van der Waals surface area contributed by atoms with E-state index in [-0.39, 0.29) is 0 Å². The fourth-order valence-electron chi connectivity index (χ4n) is 8.20.